The number of benzene rings is 1. The molecule has 6 nitrogen and oxygen atoms in total. The van der Waals surface area contributed by atoms with Crippen molar-refractivity contribution in [1.82, 2.24) is 9.62 Å². The minimum Gasteiger partial charge on any atom is -0.444 e. The van der Waals surface area contributed by atoms with Gasteiger partial charge in [-0.1, -0.05) is 26.0 Å². The first-order valence-electron chi connectivity index (χ1n) is 8.43. The molecule has 1 aromatic rings. The molecule has 0 spiro atoms. The molecule has 1 rings (SSSR count). The van der Waals surface area contributed by atoms with Crippen LogP contribution in [-0.2, 0) is 21.2 Å². The molecule has 0 saturated heterocycles. The van der Waals surface area contributed by atoms with Gasteiger partial charge in [0.25, 0.3) is 0 Å². The second kappa shape index (κ2) is 8.67. The van der Waals surface area contributed by atoms with E-state index in [0.29, 0.717) is 5.92 Å². The van der Waals surface area contributed by atoms with E-state index in [4.69, 9.17) is 4.74 Å². The van der Waals surface area contributed by atoms with Gasteiger partial charge in [-0.05, 0) is 50.8 Å². The van der Waals surface area contributed by atoms with Gasteiger partial charge in [-0.25, -0.2) is 17.9 Å². The zero-order valence-corrected chi connectivity index (χ0v) is 16.8. The summed E-state index contributed by atoms with van der Waals surface area (Å²) < 4.78 is 32.3. The summed E-state index contributed by atoms with van der Waals surface area (Å²) in [6.45, 7) is 9.92. The SMILES string of the molecule is CC(C)Cc1ccc(S(=O)(=O)NCCN(C)C(=O)OC(C)(C)C)cc1. The number of nitrogens with one attached hydrogen (secondary N) is 1. The van der Waals surface area contributed by atoms with Crippen LogP contribution in [0.4, 0.5) is 4.79 Å². The molecule has 0 unspecified atom stereocenters. The Labute approximate surface area is 151 Å². The molecule has 0 atom stereocenters. The maximum absolute atomic E-state index is 12.3. The van der Waals surface area contributed by atoms with Crippen LogP contribution in [0.25, 0.3) is 0 Å². The van der Waals surface area contributed by atoms with Gasteiger partial charge in [-0.2, -0.15) is 0 Å². The van der Waals surface area contributed by atoms with Crippen LogP contribution in [0.15, 0.2) is 29.2 Å². The van der Waals surface area contributed by atoms with Crippen LogP contribution >= 0.6 is 0 Å². The molecule has 0 aliphatic heterocycles. The first-order chi connectivity index (χ1) is 11.4. The molecule has 25 heavy (non-hydrogen) atoms. The number of ether oxygens (including phenoxy) is 1. The monoisotopic (exact) mass is 370 g/mol. The van der Waals surface area contributed by atoms with E-state index in [1.54, 1.807) is 40.0 Å². The minimum absolute atomic E-state index is 0.117. The second-order valence-electron chi connectivity index (χ2n) is 7.54. The Bertz CT molecular complexity index is 661. The summed E-state index contributed by atoms with van der Waals surface area (Å²) in [6, 6.07) is 6.89. The van der Waals surface area contributed by atoms with E-state index in [0.717, 1.165) is 12.0 Å². The van der Waals surface area contributed by atoms with Gasteiger partial charge in [0, 0.05) is 20.1 Å². The fraction of sp³-hybridized carbons (Fsp3) is 0.611. The zero-order valence-electron chi connectivity index (χ0n) is 16.0. The number of rotatable bonds is 7. The van der Waals surface area contributed by atoms with Crippen LogP contribution in [0.2, 0.25) is 0 Å². The molecular weight excluding hydrogens is 340 g/mol. The summed E-state index contributed by atoms with van der Waals surface area (Å²) in [7, 11) is -2.02. The molecule has 7 heteroatoms. The Balaban J connectivity index is 2.57. The average Bonchev–Trinajstić information content (AvgIpc) is 2.45. The number of likely N-dealkylation sites (N-methyl/N-ethyl adjacent to an activating group) is 1. The predicted molar refractivity (Wildman–Crippen MR) is 99.0 cm³/mol. The third kappa shape index (κ3) is 7.88. The molecule has 142 valence electrons. The lowest BCUT2D eigenvalue weighted by Gasteiger charge is -2.24. The summed E-state index contributed by atoms with van der Waals surface area (Å²) in [4.78, 5) is 13.4. The summed E-state index contributed by atoms with van der Waals surface area (Å²) in [6.07, 6.45) is 0.429. The number of carbonyl (C=O) groups excluding carboxylic acids is 1. The van der Waals surface area contributed by atoms with Crippen LogP contribution in [0, 0.1) is 5.92 Å². The highest BCUT2D eigenvalue weighted by molar-refractivity contribution is 7.89. The lowest BCUT2D eigenvalue weighted by atomic mass is 10.0. The van der Waals surface area contributed by atoms with Gasteiger partial charge in [0.05, 0.1) is 4.90 Å². The fourth-order valence-corrected chi connectivity index (χ4v) is 3.16. The highest BCUT2D eigenvalue weighted by Gasteiger charge is 2.20. The Hall–Kier alpha value is -1.60. The Kier molecular flexibility index (Phi) is 7.44. The molecule has 1 aromatic carbocycles. The summed E-state index contributed by atoms with van der Waals surface area (Å²) in [5, 5.41) is 0. The first kappa shape index (κ1) is 21.4. The lowest BCUT2D eigenvalue weighted by molar-refractivity contribution is 0.0302. The van der Waals surface area contributed by atoms with Crippen molar-refractivity contribution in [2.45, 2.75) is 51.5 Å². The fourth-order valence-electron chi connectivity index (χ4n) is 2.14. The summed E-state index contributed by atoms with van der Waals surface area (Å²) >= 11 is 0. The number of nitrogens with zero attached hydrogens (tertiary/aromatic N) is 1. The molecule has 0 aromatic heterocycles. The van der Waals surface area contributed by atoms with E-state index >= 15 is 0 Å². The summed E-state index contributed by atoms with van der Waals surface area (Å²) in [5.41, 5.74) is 0.529. The maximum Gasteiger partial charge on any atom is 0.410 e. The average molecular weight is 371 g/mol. The molecule has 0 aliphatic rings. The Morgan fingerprint density at radius 3 is 2.24 bits per heavy atom. The van der Waals surface area contributed by atoms with Crippen molar-refractivity contribution in [1.29, 1.82) is 0 Å². The van der Waals surface area contributed by atoms with Crippen molar-refractivity contribution < 1.29 is 17.9 Å². The van der Waals surface area contributed by atoms with Crippen LogP contribution in [0.5, 0.6) is 0 Å². The van der Waals surface area contributed by atoms with Crippen molar-refractivity contribution in [2.24, 2.45) is 5.92 Å². The lowest BCUT2D eigenvalue weighted by Crippen LogP contribution is -2.39. The van der Waals surface area contributed by atoms with E-state index in [1.807, 2.05) is 12.1 Å². The topological polar surface area (TPSA) is 75.7 Å². The Morgan fingerprint density at radius 1 is 1.20 bits per heavy atom. The molecular formula is C18H30N2O4S. The molecule has 0 saturated carbocycles. The van der Waals surface area contributed by atoms with E-state index in [9.17, 15) is 13.2 Å². The molecule has 0 heterocycles. The van der Waals surface area contributed by atoms with Crippen molar-refractivity contribution in [3.63, 3.8) is 0 Å². The first-order valence-corrected chi connectivity index (χ1v) is 9.92. The van der Waals surface area contributed by atoms with Gasteiger partial charge < -0.3 is 9.64 Å². The van der Waals surface area contributed by atoms with Gasteiger partial charge in [0.1, 0.15) is 5.60 Å². The molecule has 0 radical (unpaired) electrons. The molecule has 0 fully saturated rings. The van der Waals surface area contributed by atoms with Crippen LogP contribution in [0.1, 0.15) is 40.2 Å². The van der Waals surface area contributed by atoms with E-state index in [1.165, 1.54) is 4.90 Å². The predicted octanol–water partition coefficient (Wildman–Crippen LogP) is 3.03. The van der Waals surface area contributed by atoms with Crippen LogP contribution in [-0.4, -0.2) is 45.1 Å². The van der Waals surface area contributed by atoms with Gasteiger partial charge in [-0.3, -0.25) is 0 Å². The molecule has 0 aliphatic carbocycles. The van der Waals surface area contributed by atoms with Gasteiger partial charge in [-0.15, -0.1) is 0 Å². The third-order valence-corrected chi connectivity index (χ3v) is 4.80. The second-order valence-corrected chi connectivity index (χ2v) is 9.31. The van der Waals surface area contributed by atoms with Crippen molar-refractivity contribution >= 4 is 16.1 Å². The summed E-state index contributed by atoms with van der Waals surface area (Å²) in [5.74, 6) is 0.518. The molecule has 1 N–H and O–H groups in total. The van der Waals surface area contributed by atoms with E-state index < -0.39 is 21.7 Å². The maximum atomic E-state index is 12.3. The van der Waals surface area contributed by atoms with Gasteiger partial charge in [0.2, 0.25) is 10.0 Å². The van der Waals surface area contributed by atoms with Crippen LogP contribution in [0.3, 0.4) is 0 Å². The molecule has 0 bridgehead atoms. The molecule has 1 amide bonds. The third-order valence-electron chi connectivity index (χ3n) is 3.32. The Morgan fingerprint density at radius 2 is 1.76 bits per heavy atom. The number of carbonyl (C=O) groups is 1. The normalized spacial score (nSPS) is 12.3. The van der Waals surface area contributed by atoms with Crippen molar-refractivity contribution in [3.05, 3.63) is 29.8 Å². The van der Waals surface area contributed by atoms with Crippen molar-refractivity contribution in [3.8, 4) is 0 Å². The van der Waals surface area contributed by atoms with E-state index in [-0.39, 0.29) is 18.0 Å². The van der Waals surface area contributed by atoms with Gasteiger partial charge in [0.15, 0.2) is 0 Å². The number of sulfonamides is 1. The highest BCUT2D eigenvalue weighted by Crippen LogP contribution is 2.13. The number of amides is 1. The highest BCUT2D eigenvalue weighted by atomic mass is 32.2. The van der Waals surface area contributed by atoms with Crippen molar-refractivity contribution in [2.75, 3.05) is 20.1 Å². The number of hydrogen-bond acceptors (Lipinski definition) is 4. The quantitative estimate of drug-likeness (QED) is 0.800. The standard InChI is InChI=1S/C18H30N2O4S/c1-14(2)13-15-7-9-16(10-8-15)25(22,23)19-11-12-20(6)17(21)24-18(3,4)5/h7-10,14,19H,11-13H2,1-6H3. The van der Waals surface area contributed by atoms with Crippen LogP contribution < -0.4 is 4.72 Å². The van der Waals surface area contributed by atoms with E-state index in [2.05, 4.69) is 18.6 Å². The zero-order chi connectivity index (χ0) is 19.3. The number of hydrogen-bond donors (Lipinski definition) is 1. The smallest absolute Gasteiger partial charge is 0.410 e. The minimum atomic E-state index is -3.59. The van der Waals surface area contributed by atoms with Gasteiger partial charge >= 0.3 is 6.09 Å². The largest absolute Gasteiger partial charge is 0.444 e.